The number of nitrogens with zero attached hydrogens (tertiary/aromatic N) is 1. The molecule has 3 rings (SSSR count). The van der Waals surface area contributed by atoms with Gasteiger partial charge in [-0.2, -0.15) is 0 Å². The van der Waals surface area contributed by atoms with E-state index in [9.17, 15) is 18.8 Å². The maximum atomic E-state index is 13.4. The number of halogens is 1. The van der Waals surface area contributed by atoms with E-state index in [1.54, 1.807) is 43.3 Å². The van der Waals surface area contributed by atoms with Gasteiger partial charge in [0, 0.05) is 0 Å². The monoisotopic (exact) mass is 386 g/mol. The van der Waals surface area contributed by atoms with E-state index in [0.29, 0.717) is 5.56 Å². The molecule has 1 N–H and O–H groups in total. The second-order valence-corrected chi connectivity index (χ2v) is 6.31. The first kappa shape index (κ1) is 19.3. The van der Waals surface area contributed by atoms with Gasteiger partial charge in [-0.1, -0.05) is 42.5 Å². The lowest BCUT2D eigenvalue weighted by molar-refractivity contribution is -0.148. The van der Waals surface area contributed by atoms with Gasteiger partial charge >= 0.3 is 12.0 Å². The topological polar surface area (TPSA) is 84.9 Å². The number of ether oxygens (including phenoxy) is 2. The van der Waals surface area contributed by atoms with Gasteiger partial charge in [0.15, 0.2) is 11.6 Å². The average Bonchev–Trinajstić information content (AvgIpc) is 2.91. The number of carbonyl (C=O) groups is 3. The number of benzene rings is 2. The SMILES string of the molecule is C[C@@]1(c2ccccc2)NC(=O)N(CC(=O)OCCOc2ccccc2F)C1=O. The average molecular weight is 386 g/mol. The van der Waals surface area contributed by atoms with Gasteiger partial charge in [0.2, 0.25) is 0 Å². The van der Waals surface area contributed by atoms with Crippen LogP contribution in [0.1, 0.15) is 12.5 Å². The van der Waals surface area contributed by atoms with Crippen LogP contribution in [0.3, 0.4) is 0 Å². The van der Waals surface area contributed by atoms with Crippen molar-refractivity contribution in [3.8, 4) is 5.75 Å². The van der Waals surface area contributed by atoms with E-state index in [-0.39, 0.29) is 19.0 Å². The molecule has 2 aromatic carbocycles. The molecular weight excluding hydrogens is 367 g/mol. The third-order valence-electron chi connectivity index (χ3n) is 4.35. The normalized spacial score (nSPS) is 18.7. The van der Waals surface area contributed by atoms with Crippen molar-refractivity contribution >= 4 is 17.9 Å². The largest absolute Gasteiger partial charge is 0.487 e. The highest BCUT2D eigenvalue weighted by Gasteiger charge is 2.49. The maximum Gasteiger partial charge on any atom is 0.326 e. The predicted octanol–water partition coefficient (Wildman–Crippen LogP) is 2.21. The lowest BCUT2D eigenvalue weighted by Gasteiger charge is -2.21. The van der Waals surface area contributed by atoms with Crippen LogP contribution in [0.4, 0.5) is 9.18 Å². The number of rotatable bonds is 7. The summed E-state index contributed by atoms with van der Waals surface area (Å²) in [6, 6.07) is 13.9. The molecule has 1 atom stereocenters. The molecule has 1 aliphatic rings. The van der Waals surface area contributed by atoms with Crippen LogP contribution in [0.5, 0.6) is 5.75 Å². The third-order valence-corrected chi connectivity index (χ3v) is 4.35. The second-order valence-electron chi connectivity index (χ2n) is 6.31. The molecule has 8 heteroatoms. The Morgan fingerprint density at radius 1 is 1.07 bits per heavy atom. The summed E-state index contributed by atoms with van der Waals surface area (Å²) in [5.41, 5.74) is -0.630. The molecule has 0 saturated carbocycles. The van der Waals surface area contributed by atoms with Crippen LogP contribution in [0.2, 0.25) is 0 Å². The number of imide groups is 1. The van der Waals surface area contributed by atoms with E-state index >= 15 is 0 Å². The molecule has 7 nitrogen and oxygen atoms in total. The zero-order valence-electron chi connectivity index (χ0n) is 15.2. The number of para-hydroxylation sites is 1. The molecule has 146 valence electrons. The fourth-order valence-electron chi connectivity index (χ4n) is 2.85. The molecule has 0 bridgehead atoms. The molecular formula is C20H19FN2O5. The fraction of sp³-hybridized carbons (Fsp3) is 0.250. The second kappa shape index (κ2) is 8.08. The van der Waals surface area contributed by atoms with Crippen molar-refractivity contribution in [3.63, 3.8) is 0 Å². The molecule has 2 aromatic rings. The number of urea groups is 1. The Morgan fingerprint density at radius 3 is 2.46 bits per heavy atom. The predicted molar refractivity (Wildman–Crippen MR) is 96.9 cm³/mol. The number of hydrogen-bond acceptors (Lipinski definition) is 5. The van der Waals surface area contributed by atoms with Crippen LogP contribution in [-0.4, -0.2) is 42.6 Å². The summed E-state index contributed by atoms with van der Waals surface area (Å²) in [6.07, 6.45) is 0. The van der Waals surface area contributed by atoms with E-state index in [4.69, 9.17) is 9.47 Å². The van der Waals surface area contributed by atoms with Gasteiger partial charge in [-0.05, 0) is 24.6 Å². The zero-order valence-corrected chi connectivity index (χ0v) is 15.2. The van der Waals surface area contributed by atoms with Crippen molar-refractivity contribution in [1.82, 2.24) is 10.2 Å². The standard InChI is InChI=1S/C20H19FN2O5/c1-20(14-7-3-2-4-8-14)18(25)23(19(26)22-20)13-17(24)28-12-11-27-16-10-6-5-9-15(16)21/h2-10H,11-13H2,1H3,(H,22,26)/t20-/m0/s1. The lowest BCUT2D eigenvalue weighted by atomic mass is 9.92. The Morgan fingerprint density at radius 2 is 1.75 bits per heavy atom. The number of carbonyl (C=O) groups excluding carboxylic acids is 3. The van der Waals surface area contributed by atoms with Crippen molar-refractivity contribution < 1.29 is 28.2 Å². The summed E-state index contributed by atoms with van der Waals surface area (Å²) in [5.74, 6) is -1.78. The molecule has 1 aliphatic heterocycles. The molecule has 1 fully saturated rings. The van der Waals surface area contributed by atoms with Crippen LogP contribution in [-0.2, 0) is 19.9 Å². The van der Waals surface area contributed by atoms with E-state index < -0.39 is 35.8 Å². The highest BCUT2D eigenvalue weighted by atomic mass is 19.1. The summed E-state index contributed by atoms with van der Waals surface area (Å²) < 4.78 is 23.6. The van der Waals surface area contributed by atoms with Crippen molar-refractivity contribution in [2.45, 2.75) is 12.5 Å². The summed E-state index contributed by atoms with van der Waals surface area (Å²) in [4.78, 5) is 37.7. The Bertz CT molecular complexity index is 889. The number of amides is 3. The van der Waals surface area contributed by atoms with Crippen molar-refractivity contribution in [2.75, 3.05) is 19.8 Å². The smallest absolute Gasteiger partial charge is 0.326 e. The Kier molecular flexibility index (Phi) is 5.58. The minimum absolute atomic E-state index is 0.0475. The van der Waals surface area contributed by atoms with Crippen LogP contribution in [0.15, 0.2) is 54.6 Å². The van der Waals surface area contributed by atoms with E-state index in [1.165, 1.54) is 18.2 Å². The van der Waals surface area contributed by atoms with Gasteiger partial charge in [-0.25, -0.2) is 9.18 Å². The van der Waals surface area contributed by atoms with Gasteiger partial charge in [0.05, 0.1) is 0 Å². The van der Waals surface area contributed by atoms with E-state index in [0.717, 1.165) is 4.90 Å². The maximum absolute atomic E-state index is 13.4. The lowest BCUT2D eigenvalue weighted by Crippen LogP contribution is -2.41. The Hall–Kier alpha value is -3.42. The van der Waals surface area contributed by atoms with Crippen LogP contribution < -0.4 is 10.1 Å². The first-order valence-corrected chi connectivity index (χ1v) is 8.64. The van der Waals surface area contributed by atoms with Gasteiger partial charge in [0.1, 0.15) is 25.3 Å². The van der Waals surface area contributed by atoms with Crippen molar-refractivity contribution in [1.29, 1.82) is 0 Å². The molecule has 0 unspecified atom stereocenters. The molecule has 3 amide bonds. The van der Waals surface area contributed by atoms with E-state index in [2.05, 4.69) is 5.32 Å². The summed E-state index contributed by atoms with van der Waals surface area (Å²) >= 11 is 0. The number of esters is 1. The molecule has 28 heavy (non-hydrogen) atoms. The molecule has 0 spiro atoms. The van der Waals surface area contributed by atoms with Gasteiger partial charge in [-0.15, -0.1) is 0 Å². The van der Waals surface area contributed by atoms with Gasteiger partial charge in [-0.3, -0.25) is 14.5 Å². The van der Waals surface area contributed by atoms with Crippen molar-refractivity contribution in [3.05, 3.63) is 66.0 Å². The Balaban J connectivity index is 1.52. The highest BCUT2D eigenvalue weighted by molar-refractivity contribution is 6.08. The quantitative estimate of drug-likeness (QED) is 0.448. The summed E-state index contributed by atoms with van der Waals surface area (Å²) in [5, 5.41) is 2.61. The van der Waals surface area contributed by atoms with Crippen LogP contribution in [0, 0.1) is 5.82 Å². The van der Waals surface area contributed by atoms with Gasteiger partial charge < -0.3 is 14.8 Å². The minimum atomic E-state index is -1.24. The molecule has 0 aromatic heterocycles. The Labute approximate surface area is 161 Å². The fourth-order valence-corrected chi connectivity index (χ4v) is 2.85. The number of hydrogen-bond donors (Lipinski definition) is 1. The third kappa shape index (κ3) is 3.95. The minimum Gasteiger partial charge on any atom is -0.487 e. The van der Waals surface area contributed by atoms with Crippen molar-refractivity contribution in [2.24, 2.45) is 0 Å². The zero-order chi connectivity index (χ0) is 20.1. The van der Waals surface area contributed by atoms with Gasteiger partial charge in [0.25, 0.3) is 5.91 Å². The summed E-state index contributed by atoms with van der Waals surface area (Å²) in [7, 11) is 0. The molecule has 0 radical (unpaired) electrons. The number of nitrogens with one attached hydrogen (secondary N) is 1. The van der Waals surface area contributed by atoms with Crippen LogP contribution >= 0.6 is 0 Å². The molecule has 1 heterocycles. The van der Waals surface area contributed by atoms with E-state index in [1.807, 2.05) is 0 Å². The highest BCUT2D eigenvalue weighted by Crippen LogP contribution is 2.28. The summed E-state index contributed by atoms with van der Waals surface area (Å²) in [6.45, 7) is 0.851. The first-order chi connectivity index (χ1) is 13.4. The first-order valence-electron chi connectivity index (χ1n) is 8.64. The molecule has 1 saturated heterocycles. The molecule has 0 aliphatic carbocycles. The van der Waals surface area contributed by atoms with Crippen LogP contribution in [0.25, 0.3) is 0 Å².